The molecule has 5 rings (SSSR count). The van der Waals surface area contributed by atoms with Gasteiger partial charge < -0.3 is 9.88 Å². The van der Waals surface area contributed by atoms with Gasteiger partial charge in [0.05, 0.1) is 21.7 Å². The molecule has 2 aromatic heterocycles. The molecule has 0 saturated carbocycles. The van der Waals surface area contributed by atoms with E-state index in [1.165, 1.54) is 23.5 Å². The van der Waals surface area contributed by atoms with Crippen molar-refractivity contribution in [2.75, 3.05) is 13.1 Å². The van der Waals surface area contributed by atoms with Crippen molar-refractivity contribution in [1.29, 1.82) is 0 Å². The number of H-pyrrole nitrogens is 1. The highest BCUT2D eigenvalue weighted by molar-refractivity contribution is 7.13. The molecule has 1 N–H and O–H groups in total. The summed E-state index contributed by atoms with van der Waals surface area (Å²) in [6.45, 7) is 3.05. The number of thiazole rings is 1. The van der Waals surface area contributed by atoms with Gasteiger partial charge in [-0.1, -0.05) is 24.3 Å². The maximum Gasteiger partial charge on any atom is 0.326 e. The molecule has 1 aliphatic rings. The molecule has 6 nitrogen and oxygen atoms in total. The fourth-order valence-electron chi connectivity index (χ4n) is 4.41. The predicted molar refractivity (Wildman–Crippen MR) is 123 cm³/mol. The standard InChI is InChI=1S/C24H23FN4O2S/c1-15-22(32-21(26-15)14-16-6-8-17(25)9-7-16)23(30)28-12-10-18(11-13-28)29-20-5-3-2-4-19(20)27-24(29)31/h2-9,18H,10-14H2,1H3,(H,27,31). The first-order valence-corrected chi connectivity index (χ1v) is 11.5. The lowest BCUT2D eigenvalue weighted by molar-refractivity contribution is 0.0699. The van der Waals surface area contributed by atoms with Gasteiger partial charge in [0.25, 0.3) is 5.91 Å². The van der Waals surface area contributed by atoms with Crippen LogP contribution in [0.25, 0.3) is 11.0 Å². The molecule has 1 saturated heterocycles. The van der Waals surface area contributed by atoms with Crippen LogP contribution in [0.3, 0.4) is 0 Å². The van der Waals surface area contributed by atoms with Gasteiger partial charge in [0.2, 0.25) is 0 Å². The zero-order valence-electron chi connectivity index (χ0n) is 17.7. The molecule has 0 aliphatic carbocycles. The summed E-state index contributed by atoms with van der Waals surface area (Å²) in [6.07, 6.45) is 2.03. The lowest BCUT2D eigenvalue weighted by Crippen LogP contribution is -2.40. The number of amides is 1. The van der Waals surface area contributed by atoms with Crippen LogP contribution in [0.15, 0.2) is 53.3 Å². The maximum absolute atomic E-state index is 13.2. The average molecular weight is 451 g/mol. The Bertz CT molecular complexity index is 1330. The maximum atomic E-state index is 13.2. The molecule has 1 fully saturated rings. The molecule has 0 spiro atoms. The Labute approximate surface area is 188 Å². The van der Waals surface area contributed by atoms with Gasteiger partial charge in [-0.25, -0.2) is 14.2 Å². The van der Waals surface area contributed by atoms with Gasteiger partial charge in [0, 0.05) is 25.6 Å². The number of nitrogens with one attached hydrogen (secondary N) is 1. The second-order valence-electron chi connectivity index (χ2n) is 8.17. The molecule has 1 amide bonds. The van der Waals surface area contributed by atoms with Gasteiger partial charge in [-0.2, -0.15) is 0 Å². The highest BCUT2D eigenvalue weighted by atomic mass is 32.1. The topological polar surface area (TPSA) is 71.0 Å². The minimum Gasteiger partial charge on any atom is -0.338 e. The Hall–Kier alpha value is -3.26. The van der Waals surface area contributed by atoms with Crippen LogP contribution in [-0.2, 0) is 6.42 Å². The number of carbonyl (C=O) groups is 1. The molecule has 0 atom stereocenters. The van der Waals surface area contributed by atoms with Gasteiger partial charge in [-0.15, -0.1) is 11.3 Å². The van der Waals surface area contributed by atoms with Crippen molar-refractivity contribution in [3.8, 4) is 0 Å². The van der Waals surface area contributed by atoms with Crippen molar-refractivity contribution in [2.24, 2.45) is 0 Å². The first-order chi connectivity index (χ1) is 15.5. The van der Waals surface area contributed by atoms with Crippen LogP contribution in [-0.4, -0.2) is 38.4 Å². The molecule has 0 radical (unpaired) electrons. The summed E-state index contributed by atoms with van der Waals surface area (Å²) in [7, 11) is 0. The summed E-state index contributed by atoms with van der Waals surface area (Å²) in [4.78, 5) is 35.7. The highest BCUT2D eigenvalue weighted by Gasteiger charge is 2.28. The molecular weight excluding hydrogens is 427 g/mol. The van der Waals surface area contributed by atoms with Crippen molar-refractivity contribution in [3.63, 3.8) is 0 Å². The first-order valence-electron chi connectivity index (χ1n) is 10.7. The summed E-state index contributed by atoms with van der Waals surface area (Å²) in [5, 5.41) is 0.845. The second kappa shape index (κ2) is 8.35. The zero-order valence-corrected chi connectivity index (χ0v) is 18.5. The normalized spacial score (nSPS) is 14.9. The van der Waals surface area contributed by atoms with E-state index in [1.807, 2.05) is 40.7 Å². The molecular formula is C24H23FN4O2S. The molecule has 2 aromatic carbocycles. The quantitative estimate of drug-likeness (QED) is 0.504. The van der Waals surface area contributed by atoms with Crippen LogP contribution in [0.4, 0.5) is 4.39 Å². The predicted octanol–water partition coefficient (Wildman–Crippen LogP) is 4.30. The Morgan fingerprint density at radius 2 is 1.88 bits per heavy atom. The Kier molecular flexibility index (Phi) is 5.38. The number of rotatable bonds is 4. The number of benzene rings is 2. The van der Waals surface area contributed by atoms with Crippen LogP contribution >= 0.6 is 11.3 Å². The van der Waals surface area contributed by atoms with Crippen molar-refractivity contribution < 1.29 is 9.18 Å². The van der Waals surface area contributed by atoms with Crippen LogP contribution in [0.5, 0.6) is 0 Å². The number of aryl methyl sites for hydroxylation is 1. The van der Waals surface area contributed by atoms with Gasteiger partial charge in [-0.05, 0) is 49.6 Å². The Morgan fingerprint density at radius 1 is 1.16 bits per heavy atom. The monoisotopic (exact) mass is 450 g/mol. The number of hydrogen-bond acceptors (Lipinski definition) is 4. The van der Waals surface area contributed by atoms with Crippen molar-refractivity contribution in [1.82, 2.24) is 19.4 Å². The highest BCUT2D eigenvalue weighted by Crippen LogP contribution is 2.28. The molecule has 8 heteroatoms. The molecule has 32 heavy (non-hydrogen) atoms. The van der Waals surface area contributed by atoms with Crippen LogP contribution < -0.4 is 5.69 Å². The average Bonchev–Trinajstić information content (AvgIpc) is 3.33. The number of likely N-dealkylation sites (tertiary alicyclic amines) is 1. The number of aromatic amines is 1. The number of imidazole rings is 1. The summed E-state index contributed by atoms with van der Waals surface area (Å²) < 4.78 is 15.0. The Morgan fingerprint density at radius 3 is 2.62 bits per heavy atom. The minimum atomic E-state index is -0.266. The summed E-state index contributed by atoms with van der Waals surface area (Å²) in [5.41, 5.74) is 3.34. The van der Waals surface area contributed by atoms with E-state index in [4.69, 9.17) is 0 Å². The number of para-hydroxylation sites is 2. The van der Waals surface area contributed by atoms with Gasteiger partial charge in [-0.3, -0.25) is 9.36 Å². The largest absolute Gasteiger partial charge is 0.338 e. The van der Waals surface area contributed by atoms with E-state index in [-0.39, 0.29) is 23.5 Å². The lowest BCUT2D eigenvalue weighted by Gasteiger charge is -2.32. The first kappa shape index (κ1) is 20.6. The molecule has 0 unspecified atom stereocenters. The number of halogens is 1. The minimum absolute atomic E-state index is 0.00456. The second-order valence-corrected chi connectivity index (χ2v) is 9.25. The van der Waals surface area contributed by atoms with E-state index in [2.05, 4.69) is 9.97 Å². The van der Waals surface area contributed by atoms with E-state index in [0.29, 0.717) is 24.4 Å². The number of fused-ring (bicyclic) bond motifs is 1. The van der Waals surface area contributed by atoms with Gasteiger partial charge in [0.1, 0.15) is 10.7 Å². The van der Waals surface area contributed by atoms with Gasteiger partial charge in [0.15, 0.2) is 0 Å². The number of hydrogen-bond donors (Lipinski definition) is 1. The number of nitrogens with zero attached hydrogens (tertiary/aromatic N) is 3. The Balaban J connectivity index is 1.28. The van der Waals surface area contributed by atoms with Crippen molar-refractivity contribution in [2.45, 2.75) is 32.2 Å². The van der Waals surface area contributed by atoms with E-state index < -0.39 is 0 Å². The molecule has 1 aliphatic heterocycles. The van der Waals surface area contributed by atoms with E-state index in [9.17, 15) is 14.0 Å². The lowest BCUT2D eigenvalue weighted by atomic mass is 10.0. The summed E-state index contributed by atoms with van der Waals surface area (Å²) in [6, 6.07) is 14.1. The molecule has 164 valence electrons. The SMILES string of the molecule is Cc1nc(Cc2ccc(F)cc2)sc1C(=O)N1CCC(n2c(=O)[nH]c3ccccc32)CC1. The van der Waals surface area contributed by atoms with E-state index in [1.54, 1.807) is 12.1 Å². The zero-order chi connectivity index (χ0) is 22.2. The third kappa shape index (κ3) is 3.86. The third-order valence-electron chi connectivity index (χ3n) is 6.04. The number of piperidine rings is 1. The number of aromatic nitrogens is 3. The van der Waals surface area contributed by atoms with E-state index in [0.717, 1.165) is 40.1 Å². The van der Waals surface area contributed by atoms with Crippen LogP contribution in [0.1, 0.15) is 44.8 Å². The molecule has 0 bridgehead atoms. The molecule has 3 heterocycles. The fraction of sp³-hybridized carbons (Fsp3) is 0.292. The van der Waals surface area contributed by atoms with Crippen LogP contribution in [0, 0.1) is 12.7 Å². The fourth-order valence-corrected chi connectivity index (χ4v) is 5.48. The summed E-state index contributed by atoms with van der Waals surface area (Å²) in [5.74, 6) is -0.270. The smallest absolute Gasteiger partial charge is 0.326 e. The summed E-state index contributed by atoms with van der Waals surface area (Å²) >= 11 is 1.41. The van der Waals surface area contributed by atoms with Crippen LogP contribution in [0.2, 0.25) is 0 Å². The van der Waals surface area contributed by atoms with Gasteiger partial charge >= 0.3 is 5.69 Å². The number of carbonyl (C=O) groups excluding carboxylic acids is 1. The van der Waals surface area contributed by atoms with Crippen molar-refractivity contribution in [3.05, 3.63) is 86.0 Å². The third-order valence-corrected chi connectivity index (χ3v) is 7.19. The molecule has 4 aromatic rings. The van der Waals surface area contributed by atoms with E-state index >= 15 is 0 Å². The van der Waals surface area contributed by atoms with Crippen molar-refractivity contribution >= 4 is 28.3 Å².